The summed E-state index contributed by atoms with van der Waals surface area (Å²) < 4.78 is 36.3. The number of ether oxygens (including phenoxy) is 1. The molecular weight excluding hydrogens is 548 g/mol. The molecule has 2 heterocycles. The number of aliphatic hydroxyl groups excluding tert-OH is 1. The minimum atomic E-state index is -3.94. The van der Waals surface area contributed by atoms with E-state index in [2.05, 4.69) is 15.0 Å². The summed E-state index contributed by atoms with van der Waals surface area (Å²) in [7, 11) is -0.534. The van der Waals surface area contributed by atoms with Gasteiger partial charge in [0.25, 0.3) is 10.0 Å². The number of amides is 3. The fourth-order valence-corrected chi connectivity index (χ4v) is 6.36. The lowest BCUT2D eigenvalue weighted by molar-refractivity contribution is -0.134. The molecule has 2 aromatic rings. The van der Waals surface area contributed by atoms with E-state index in [4.69, 9.17) is 4.74 Å². The van der Waals surface area contributed by atoms with Gasteiger partial charge in [-0.15, -0.1) is 0 Å². The van der Waals surface area contributed by atoms with Gasteiger partial charge >= 0.3 is 6.03 Å². The van der Waals surface area contributed by atoms with Crippen LogP contribution in [0.2, 0.25) is 0 Å². The van der Waals surface area contributed by atoms with E-state index in [9.17, 15) is 23.1 Å². The number of imidazole rings is 1. The number of carbonyl (C=O) groups is 2. The van der Waals surface area contributed by atoms with Crippen molar-refractivity contribution in [3.05, 3.63) is 36.3 Å². The SMILES string of the molecule is C[C@H](CO)N1C[C@H](C)[C@@H](CN(C)C(=O)NC2CCCCC2)Oc2ccc(NS(=O)(=O)c3cn(C)cn3)cc2CC1=O. The van der Waals surface area contributed by atoms with Crippen molar-refractivity contribution in [2.24, 2.45) is 13.0 Å². The molecular formula is C28H42N6O6S. The largest absolute Gasteiger partial charge is 0.488 e. The van der Waals surface area contributed by atoms with E-state index < -0.39 is 22.2 Å². The normalized spacial score (nSPS) is 21.1. The minimum absolute atomic E-state index is 0.0454. The molecule has 3 atom stereocenters. The number of carbonyl (C=O) groups excluding carboxylic acids is 2. The molecule has 12 nitrogen and oxygen atoms in total. The molecule has 226 valence electrons. The van der Waals surface area contributed by atoms with E-state index in [0.29, 0.717) is 17.9 Å². The zero-order valence-corrected chi connectivity index (χ0v) is 25.1. The molecule has 2 aliphatic rings. The maximum Gasteiger partial charge on any atom is 0.317 e. The molecule has 1 aromatic heterocycles. The zero-order chi connectivity index (χ0) is 29.7. The monoisotopic (exact) mass is 590 g/mol. The third-order valence-electron chi connectivity index (χ3n) is 7.86. The number of aromatic nitrogens is 2. The molecule has 0 unspecified atom stereocenters. The van der Waals surface area contributed by atoms with Crippen LogP contribution in [-0.4, -0.2) is 89.7 Å². The number of rotatable bonds is 8. The molecule has 0 radical (unpaired) electrons. The topological polar surface area (TPSA) is 146 Å². The maximum atomic E-state index is 13.4. The average molecular weight is 591 g/mol. The van der Waals surface area contributed by atoms with Gasteiger partial charge in [0.1, 0.15) is 11.9 Å². The molecule has 4 rings (SSSR count). The Balaban J connectivity index is 1.59. The Morgan fingerprint density at radius 3 is 2.66 bits per heavy atom. The number of hydrogen-bond donors (Lipinski definition) is 3. The third kappa shape index (κ3) is 7.70. The minimum Gasteiger partial charge on any atom is -0.488 e. The standard InChI is InChI=1S/C28H42N6O6S/c1-19-14-34(20(2)17-35)27(36)13-21-12-23(31-41(38,39)26-16-32(3)18-29-26)10-11-24(21)40-25(19)15-33(4)28(37)30-22-8-6-5-7-9-22/h10-12,16,18-20,22,25,31,35H,5-9,13-15,17H2,1-4H3,(H,30,37)/t19-,20+,25+/m0/s1. The van der Waals surface area contributed by atoms with Gasteiger partial charge in [0.15, 0.2) is 5.03 Å². The number of likely N-dealkylation sites (N-methyl/N-ethyl adjacent to an activating group) is 1. The average Bonchev–Trinajstić information content (AvgIpc) is 3.40. The molecule has 1 aromatic carbocycles. The number of benzene rings is 1. The Kier molecular flexibility index (Phi) is 9.80. The lowest BCUT2D eigenvalue weighted by Gasteiger charge is -2.34. The molecule has 1 aliphatic carbocycles. The van der Waals surface area contributed by atoms with Gasteiger partial charge in [-0.05, 0) is 38.0 Å². The first-order chi connectivity index (χ1) is 19.5. The van der Waals surface area contributed by atoms with Gasteiger partial charge in [0, 0.05) is 50.0 Å². The highest BCUT2D eigenvalue weighted by Crippen LogP contribution is 2.30. The summed E-state index contributed by atoms with van der Waals surface area (Å²) >= 11 is 0. The first-order valence-electron chi connectivity index (χ1n) is 14.2. The lowest BCUT2D eigenvalue weighted by Crippen LogP contribution is -2.50. The first kappa shape index (κ1) is 30.6. The summed E-state index contributed by atoms with van der Waals surface area (Å²) in [5.74, 6) is 0.0544. The van der Waals surface area contributed by atoms with Gasteiger partial charge in [-0.25, -0.2) is 9.78 Å². The number of aliphatic hydroxyl groups is 1. The van der Waals surface area contributed by atoms with Gasteiger partial charge in [-0.1, -0.05) is 26.2 Å². The zero-order valence-electron chi connectivity index (χ0n) is 24.2. The van der Waals surface area contributed by atoms with Crippen LogP contribution in [0.15, 0.2) is 35.7 Å². The Morgan fingerprint density at radius 1 is 1.27 bits per heavy atom. The van der Waals surface area contributed by atoms with Gasteiger partial charge in [0.2, 0.25) is 5.91 Å². The summed E-state index contributed by atoms with van der Waals surface area (Å²) in [6.07, 6.45) is 7.66. The second kappa shape index (κ2) is 13.1. The Hall–Kier alpha value is -3.32. The highest BCUT2D eigenvalue weighted by molar-refractivity contribution is 7.92. The fraction of sp³-hybridized carbons (Fsp3) is 0.607. The highest BCUT2D eigenvalue weighted by atomic mass is 32.2. The van der Waals surface area contributed by atoms with Crippen molar-refractivity contribution in [1.82, 2.24) is 24.7 Å². The van der Waals surface area contributed by atoms with Crippen molar-refractivity contribution < 1.29 is 27.9 Å². The molecule has 3 N–H and O–H groups in total. The van der Waals surface area contributed by atoms with E-state index in [1.54, 1.807) is 49.0 Å². The van der Waals surface area contributed by atoms with Gasteiger partial charge in [0.05, 0.1) is 31.9 Å². The van der Waals surface area contributed by atoms with Crippen LogP contribution < -0.4 is 14.8 Å². The van der Waals surface area contributed by atoms with Crippen LogP contribution in [0, 0.1) is 5.92 Å². The van der Waals surface area contributed by atoms with Gasteiger partial charge in [-0.3, -0.25) is 9.52 Å². The van der Waals surface area contributed by atoms with Crippen LogP contribution in [0.3, 0.4) is 0 Å². The second-order valence-corrected chi connectivity index (χ2v) is 13.0. The molecule has 13 heteroatoms. The van der Waals surface area contributed by atoms with Crippen LogP contribution in [0.5, 0.6) is 5.75 Å². The van der Waals surface area contributed by atoms with Crippen molar-refractivity contribution in [1.29, 1.82) is 0 Å². The molecule has 41 heavy (non-hydrogen) atoms. The molecule has 0 spiro atoms. The third-order valence-corrected chi connectivity index (χ3v) is 9.12. The predicted molar refractivity (Wildman–Crippen MR) is 154 cm³/mol. The van der Waals surface area contributed by atoms with Crippen molar-refractivity contribution >= 4 is 27.6 Å². The first-order valence-corrected chi connectivity index (χ1v) is 15.7. The summed E-state index contributed by atoms with van der Waals surface area (Å²) in [5.41, 5.74) is 0.764. The maximum absolute atomic E-state index is 13.4. The summed E-state index contributed by atoms with van der Waals surface area (Å²) in [6, 6.07) is 4.39. The number of fused-ring (bicyclic) bond motifs is 1. The highest BCUT2D eigenvalue weighted by Gasteiger charge is 2.32. The predicted octanol–water partition coefficient (Wildman–Crippen LogP) is 2.34. The Bertz CT molecular complexity index is 1330. The van der Waals surface area contributed by atoms with E-state index in [1.807, 2.05) is 6.92 Å². The summed E-state index contributed by atoms with van der Waals surface area (Å²) in [6.45, 7) is 4.15. The van der Waals surface area contributed by atoms with E-state index >= 15 is 0 Å². The van der Waals surface area contributed by atoms with Crippen molar-refractivity contribution in [2.75, 3.05) is 31.5 Å². The second-order valence-electron chi connectivity index (χ2n) is 11.4. The van der Waals surface area contributed by atoms with Crippen LogP contribution in [0.25, 0.3) is 0 Å². The van der Waals surface area contributed by atoms with E-state index in [0.717, 1.165) is 25.7 Å². The molecule has 1 aliphatic heterocycles. The number of urea groups is 1. The van der Waals surface area contributed by atoms with Gasteiger partial charge < -0.3 is 29.5 Å². The molecule has 1 fully saturated rings. The Morgan fingerprint density at radius 2 is 2.00 bits per heavy atom. The van der Waals surface area contributed by atoms with Crippen LogP contribution in [0.4, 0.5) is 10.5 Å². The summed E-state index contributed by atoms with van der Waals surface area (Å²) in [4.78, 5) is 33.6. The molecule has 0 bridgehead atoms. The van der Waals surface area contributed by atoms with Crippen molar-refractivity contribution in [3.63, 3.8) is 0 Å². The number of sulfonamides is 1. The van der Waals surface area contributed by atoms with Crippen LogP contribution >= 0.6 is 0 Å². The van der Waals surface area contributed by atoms with Gasteiger partial charge in [-0.2, -0.15) is 8.42 Å². The molecule has 0 saturated heterocycles. The number of hydrogen-bond acceptors (Lipinski definition) is 7. The number of anilines is 1. The number of nitrogens with one attached hydrogen (secondary N) is 2. The molecule has 1 saturated carbocycles. The number of aryl methyl sites for hydroxylation is 1. The quantitative estimate of drug-likeness (QED) is 0.428. The van der Waals surface area contributed by atoms with Crippen molar-refractivity contribution in [3.8, 4) is 5.75 Å². The Labute approximate surface area is 242 Å². The fourth-order valence-electron chi connectivity index (χ4n) is 5.33. The van der Waals surface area contributed by atoms with E-state index in [-0.39, 0.29) is 54.2 Å². The summed E-state index contributed by atoms with van der Waals surface area (Å²) in [5, 5.41) is 12.9. The number of nitrogens with zero attached hydrogens (tertiary/aromatic N) is 4. The lowest BCUT2D eigenvalue weighted by atomic mass is 9.96. The smallest absolute Gasteiger partial charge is 0.317 e. The molecule has 3 amide bonds. The van der Waals surface area contributed by atoms with E-state index in [1.165, 1.54) is 23.5 Å². The van der Waals surface area contributed by atoms with Crippen molar-refractivity contribution in [2.45, 2.75) is 75.6 Å². The van der Waals surface area contributed by atoms with Crippen LogP contribution in [-0.2, 0) is 28.3 Å². The van der Waals surface area contributed by atoms with Crippen LogP contribution in [0.1, 0.15) is 51.5 Å².